The van der Waals surface area contributed by atoms with Crippen molar-refractivity contribution in [3.05, 3.63) is 22.7 Å². The Hall–Kier alpha value is -0.220. The first-order valence-corrected chi connectivity index (χ1v) is 5.98. The molecule has 0 unspecified atom stereocenters. The van der Waals surface area contributed by atoms with Crippen LogP contribution in [0.3, 0.4) is 0 Å². The largest absolute Gasteiger partial charge is 0.297 e. The van der Waals surface area contributed by atoms with Gasteiger partial charge in [0, 0.05) is 17.8 Å². The molecule has 0 heterocycles. The van der Waals surface area contributed by atoms with E-state index in [-0.39, 0.29) is 29.3 Å². The first-order chi connectivity index (χ1) is 6.55. The van der Waals surface area contributed by atoms with E-state index in [1.165, 1.54) is 0 Å². The average Bonchev–Trinajstić information content (AvgIpc) is 2.65. The maximum atomic E-state index is 11.8. The summed E-state index contributed by atoms with van der Waals surface area (Å²) < 4.78 is 0.0191. The molecule has 1 saturated carbocycles. The number of carbonyl (C=O) groups is 2. The molecule has 2 bridgehead atoms. The third kappa shape index (κ3) is 0.784. The van der Waals surface area contributed by atoms with Crippen LogP contribution in [0.5, 0.6) is 0 Å². The topological polar surface area (TPSA) is 34.1 Å². The maximum absolute atomic E-state index is 11.8. The maximum Gasteiger partial charge on any atom is 0.174 e. The van der Waals surface area contributed by atoms with Crippen LogP contribution in [0.4, 0.5) is 0 Å². The SMILES string of the molecule is O=C1C(Br)=C[C@H]2[C@H]1[C@H]1C=C[C@@]2(Br)C1=O. The van der Waals surface area contributed by atoms with Crippen LogP contribution in [0.25, 0.3) is 0 Å². The normalized spacial score (nSPS) is 48.7. The minimum atomic E-state index is -0.604. The number of carbonyl (C=O) groups excluding carboxylic acids is 2. The van der Waals surface area contributed by atoms with Crippen LogP contribution in [0.2, 0.25) is 0 Å². The third-order valence-corrected chi connectivity index (χ3v) is 5.19. The Labute approximate surface area is 97.7 Å². The van der Waals surface area contributed by atoms with Crippen molar-refractivity contribution in [1.29, 1.82) is 0 Å². The number of fused-ring (bicyclic) bond motifs is 5. The van der Waals surface area contributed by atoms with Crippen molar-refractivity contribution < 1.29 is 9.59 Å². The molecule has 1 fully saturated rings. The van der Waals surface area contributed by atoms with E-state index >= 15 is 0 Å². The van der Waals surface area contributed by atoms with E-state index in [4.69, 9.17) is 0 Å². The molecule has 0 aromatic carbocycles. The van der Waals surface area contributed by atoms with Crippen molar-refractivity contribution in [1.82, 2.24) is 0 Å². The molecule has 4 atom stereocenters. The molecule has 0 aromatic rings. The Kier molecular flexibility index (Phi) is 1.60. The van der Waals surface area contributed by atoms with Crippen LogP contribution < -0.4 is 0 Å². The second-order valence-electron chi connectivity index (χ2n) is 3.95. The van der Waals surface area contributed by atoms with Gasteiger partial charge in [0.15, 0.2) is 11.6 Å². The van der Waals surface area contributed by atoms with Gasteiger partial charge in [-0.05, 0) is 15.9 Å². The standard InChI is InChI=1S/C10H6Br2O2/c11-6-3-5-7(8(6)13)4-1-2-10(5,12)9(4)14/h1-5,7H/t4-,5+,7-,10+/m1/s1. The van der Waals surface area contributed by atoms with Crippen molar-refractivity contribution in [2.45, 2.75) is 4.32 Å². The van der Waals surface area contributed by atoms with Gasteiger partial charge >= 0.3 is 0 Å². The molecule has 0 spiro atoms. The van der Waals surface area contributed by atoms with Crippen molar-refractivity contribution >= 4 is 43.4 Å². The van der Waals surface area contributed by atoms with Crippen LogP contribution in [0.15, 0.2) is 22.7 Å². The third-order valence-electron chi connectivity index (χ3n) is 3.35. The number of hydrogen-bond donors (Lipinski definition) is 0. The van der Waals surface area contributed by atoms with Gasteiger partial charge in [0.2, 0.25) is 0 Å². The van der Waals surface area contributed by atoms with Crippen LogP contribution in [-0.4, -0.2) is 15.9 Å². The van der Waals surface area contributed by atoms with Gasteiger partial charge in [-0.15, -0.1) is 0 Å². The average molecular weight is 318 g/mol. The lowest BCUT2D eigenvalue weighted by molar-refractivity contribution is -0.124. The molecular weight excluding hydrogens is 312 g/mol. The molecule has 72 valence electrons. The quantitative estimate of drug-likeness (QED) is 0.506. The highest BCUT2D eigenvalue weighted by atomic mass is 79.9. The lowest BCUT2D eigenvalue weighted by Crippen LogP contribution is -2.29. The molecule has 0 aliphatic heterocycles. The molecule has 0 aromatic heterocycles. The van der Waals surface area contributed by atoms with Gasteiger partial charge in [-0.3, -0.25) is 9.59 Å². The van der Waals surface area contributed by atoms with Gasteiger partial charge in [-0.2, -0.15) is 0 Å². The van der Waals surface area contributed by atoms with Crippen LogP contribution in [0, 0.1) is 17.8 Å². The summed E-state index contributed by atoms with van der Waals surface area (Å²) in [6.07, 6.45) is 5.61. The molecule has 3 rings (SSSR count). The summed E-state index contributed by atoms with van der Waals surface area (Å²) in [6.45, 7) is 0. The zero-order valence-electron chi connectivity index (χ0n) is 7.04. The zero-order valence-corrected chi connectivity index (χ0v) is 10.2. The number of Topliss-reactive ketones (excluding diaryl/α,β-unsaturated/α-hetero) is 2. The number of allylic oxidation sites excluding steroid dienone is 4. The zero-order chi connectivity index (χ0) is 10.1. The van der Waals surface area contributed by atoms with E-state index < -0.39 is 4.32 Å². The van der Waals surface area contributed by atoms with E-state index in [0.29, 0.717) is 4.48 Å². The predicted molar refractivity (Wildman–Crippen MR) is 58.3 cm³/mol. The first-order valence-electron chi connectivity index (χ1n) is 4.40. The Morgan fingerprint density at radius 2 is 2.07 bits per heavy atom. The number of rotatable bonds is 0. The summed E-state index contributed by atoms with van der Waals surface area (Å²) in [5.41, 5.74) is 0. The fourth-order valence-electron chi connectivity index (χ4n) is 2.66. The van der Waals surface area contributed by atoms with Gasteiger partial charge in [0.1, 0.15) is 4.32 Å². The van der Waals surface area contributed by atoms with Crippen molar-refractivity contribution in [2.24, 2.45) is 17.8 Å². The van der Waals surface area contributed by atoms with Gasteiger partial charge < -0.3 is 0 Å². The molecule has 3 aliphatic carbocycles. The van der Waals surface area contributed by atoms with E-state index in [0.717, 1.165) is 0 Å². The predicted octanol–water partition coefficient (Wildman–Crippen LogP) is 1.98. The summed E-state index contributed by atoms with van der Waals surface area (Å²) in [6, 6.07) is 0. The summed E-state index contributed by atoms with van der Waals surface area (Å²) in [5, 5.41) is 0. The number of alkyl halides is 1. The first kappa shape index (κ1) is 9.04. The number of ketones is 2. The number of hydrogen-bond acceptors (Lipinski definition) is 2. The fraction of sp³-hybridized carbons (Fsp3) is 0.400. The molecule has 0 amide bonds. The highest BCUT2D eigenvalue weighted by molar-refractivity contribution is 9.12. The highest BCUT2D eigenvalue weighted by Gasteiger charge is 2.63. The Balaban J connectivity index is 2.18. The van der Waals surface area contributed by atoms with Crippen LogP contribution in [-0.2, 0) is 9.59 Å². The lowest BCUT2D eigenvalue weighted by Gasteiger charge is -2.22. The molecule has 4 heteroatoms. The van der Waals surface area contributed by atoms with Crippen LogP contribution in [0.1, 0.15) is 0 Å². The molecule has 14 heavy (non-hydrogen) atoms. The van der Waals surface area contributed by atoms with E-state index in [1.807, 2.05) is 18.2 Å². The molecule has 0 N–H and O–H groups in total. The van der Waals surface area contributed by atoms with Crippen molar-refractivity contribution in [3.63, 3.8) is 0 Å². The van der Waals surface area contributed by atoms with E-state index in [9.17, 15) is 9.59 Å². The van der Waals surface area contributed by atoms with Crippen LogP contribution >= 0.6 is 31.9 Å². The lowest BCUT2D eigenvalue weighted by atomic mass is 9.85. The number of halogens is 2. The van der Waals surface area contributed by atoms with Gasteiger partial charge in [-0.1, -0.05) is 34.2 Å². The minimum absolute atomic E-state index is 0.00637. The Bertz CT molecular complexity index is 424. The second kappa shape index (κ2) is 2.47. The van der Waals surface area contributed by atoms with Gasteiger partial charge in [0.05, 0.1) is 4.48 Å². The summed E-state index contributed by atoms with van der Waals surface area (Å²) >= 11 is 6.70. The van der Waals surface area contributed by atoms with Crippen molar-refractivity contribution in [2.75, 3.05) is 0 Å². The van der Waals surface area contributed by atoms with Crippen molar-refractivity contribution in [3.8, 4) is 0 Å². The van der Waals surface area contributed by atoms with Gasteiger partial charge in [-0.25, -0.2) is 0 Å². The van der Waals surface area contributed by atoms with E-state index in [2.05, 4.69) is 31.9 Å². The second-order valence-corrected chi connectivity index (χ2v) is 6.11. The molecule has 0 saturated heterocycles. The molecule has 3 aliphatic rings. The molecule has 0 radical (unpaired) electrons. The highest BCUT2D eigenvalue weighted by Crippen LogP contribution is 2.57. The molecule has 2 nitrogen and oxygen atoms in total. The Morgan fingerprint density at radius 3 is 2.71 bits per heavy atom. The monoisotopic (exact) mass is 316 g/mol. The molecular formula is C10H6Br2O2. The van der Waals surface area contributed by atoms with Gasteiger partial charge in [0.25, 0.3) is 0 Å². The summed E-state index contributed by atoms with van der Waals surface area (Å²) in [4.78, 5) is 23.6. The summed E-state index contributed by atoms with van der Waals surface area (Å²) in [7, 11) is 0. The minimum Gasteiger partial charge on any atom is -0.297 e. The smallest absolute Gasteiger partial charge is 0.174 e. The fourth-order valence-corrected chi connectivity index (χ4v) is 4.04. The summed E-state index contributed by atoms with van der Waals surface area (Å²) in [5.74, 6) is -0.164. The van der Waals surface area contributed by atoms with E-state index in [1.54, 1.807) is 0 Å². The Morgan fingerprint density at radius 1 is 1.36 bits per heavy atom.